The van der Waals surface area contributed by atoms with Crippen LogP contribution in [0.1, 0.15) is 21.5 Å². The van der Waals surface area contributed by atoms with Crippen LogP contribution in [0, 0.1) is 0 Å². The number of nitrogens with one attached hydrogen (secondary N) is 1. The van der Waals surface area contributed by atoms with Crippen molar-refractivity contribution in [2.24, 2.45) is 0 Å². The van der Waals surface area contributed by atoms with Gasteiger partial charge in [-0.05, 0) is 35.4 Å². The van der Waals surface area contributed by atoms with Crippen molar-refractivity contribution in [2.75, 3.05) is 31.1 Å². The standard InChI is InChI=1S/C29H27F3N4O2S/c30-29(31,32)38-25-8-4-5-22(17-25)19-36(28-34-26(20-39-28)23-6-2-1-3-7-23)18-21-9-11-24(12-10-21)27(37)35-15-13-33-14-16-35/h1-12,17,20,33H,13-16,18-19H2. The minimum atomic E-state index is -4.76. The molecule has 5 rings (SSSR count). The normalized spacial score (nSPS) is 13.8. The second-order valence-corrected chi connectivity index (χ2v) is 10.0. The first-order valence-corrected chi connectivity index (χ1v) is 13.4. The summed E-state index contributed by atoms with van der Waals surface area (Å²) < 4.78 is 42.5. The number of piperazine rings is 1. The molecule has 1 aliphatic heterocycles. The number of carbonyl (C=O) groups is 1. The number of anilines is 1. The van der Waals surface area contributed by atoms with Crippen molar-refractivity contribution in [3.63, 3.8) is 0 Å². The molecular weight excluding hydrogens is 525 g/mol. The Hall–Kier alpha value is -3.89. The predicted octanol–water partition coefficient (Wildman–Crippen LogP) is 5.96. The van der Waals surface area contributed by atoms with E-state index in [2.05, 4.69) is 10.1 Å². The molecule has 1 aromatic heterocycles. The highest BCUT2D eigenvalue weighted by molar-refractivity contribution is 7.14. The van der Waals surface area contributed by atoms with Crippen LogP contribution in [0.3, 0.4) is 0 Å². The lowest BCUT2D eigenvalue weighted by atomic mass is 10.1. The number of aromatic nitrogens is 1. The Morgan fingerprint density at radius 3 is 2.38 bits per heavy atom. The molecule has 202 valence electrons. The van der Waals surface area contributed by atoms with Crippen molar-refractivity contribution in [1.82, 2.24) is 15.2 Å². The smallest absolute Gasteiger partial charge is 0.406 e. The highest BCUT2D eigenvalue weighted by Crippen LogP contribution is 2.31. The lowest BCUT2D eigenvalue weighted by molar-refractivity contribution is -0.274. The van der Waals surface area contributed by atoms with Gasteiger partial charge in [-0.25, -0.2) is 4.98 Å². The number of amides is 1. The number of benzene rings is 3. The van der Waals surface area contributed by atoms with Gasteiger partial charge in [-0.2, -0.15) is 0 Å². The summed E-state index contributed by atoms with van der Waals surface area (Å²) in [5.74, 6) is -0.256. The van der Waals surface area contributed by atoms with Crippen molar-refractivity contribution in [3.05, 3.63) is 101 Å². The van der Waals surface area contributed by atoms with Crippen LogP contribution in [-0.2, 0) is 13.1 Å². The molecule has 0 unspecified atom stereocenters. The van der Waals surface area contributed by atoms with Crippen LogP contribution in [0.2, 0.25) is 0 Å². The van der Waals surface area contributed by atoms with E-state index in [0.29, 0.717) is 37.3 Å². The zero-order valence-electron chi connectivity index (χ0n) is 21.0. The molecule has 0 atom stereocenters. The minimum absolute atomic E-state index is 0.00816. The molecule has 2 heterocycles. The Kier molecular flexibility index (Phi) is 8.13. The molecule has 10 heteroatoms. The Morgan fingerprint density at radius 1 is 0.949 bits per heavy atom. The quantitative estimate of drug-likeness (QED) is 0.292. The fourth-order valence-corrected chi connectivity index (χ4v) is 5.26. The second-order valence-electron chi connectivity index (χ2n) is 9.17. The van der Waals surface area contributed by atoms with E-state index < -0.39 is 6.36 Å². The topological polar surface area (TPSA) is 57.7 Å². The molecule has 4 aromatic rings. The Balaban J connectivity index is 1.38. The largest absolute Gasteiger partial charge is 0.573 e. The van der Waals surface area contributed by atoms with E-state index in [1.807, 2.05) is 69.8 Å². The molecular formula is C29H27F3N4O2S. The maximum Gasteiger partial charge on any atom is 0.573 e. The summed E-state index contributed by atoms with van der Waals surface area (Å²) in [5, 5.41) is 5.95. The van der Waals surface area contributed by atoms with Gasteiger partial charge in [0.1, 0.15) is 5.75 Å². The molecule has 0 saturated carbocycles. The Morgan fingerprint density at radius 2 is 1.67 bits per heavy atom. The first-order chi connectivity index (χ1) is 18.8. The highest BCUT2D eigenvalue weighted by atomic mass is 32.1. The molecule has 1 amide bonds. The van der Waals surface area contributed by atoms with Crippen molar-refractivity contribution in [3.8, 4) is 17.0 Å². The van der Waals surface area contributed by atoms with Crippen LogP contribution in [0.5, 0.6) is 5.75 Å². The number of hydrogen-bond acceptors (Lipinski definition) is 6. The van der Waals surface area contributed by atoms with Crippen molar-refractivity contribution >= 4 is 22.4 Å². The summed E-state index contributed by atoms with van der Waals surface area (Å²) in [7, 11) is 0. The monoisotopic (exact) mass is 552 g/mol. The van der Waals surface area contributed by atoms with Gasteiger partial charge in [0.2, 0.25) is 0 Å². The van der Waals surface area contributed by atoms with Crippen LogP contribution in [0.25, 0.3) is 11.3 Å². The highest BCUT2D eigenvalue weighted by Gasteiger charge is 2.31. The zero-order chi connectivity index (χ0) is 27.2. The van der Waals surface area contributed by atoms with E-state index in [4.69, 9.17) is 4.98 Å². The van der Waals surface area contributed by atoms with Gasteiger partial charge in [0.25, 0.3) is 5.91 Å². The second kappa shape index (κ2) is 11.9. The fourth-order valence-electron chi connectivity index (χ4n) is 4.43. The van der Waals surface area contributed by atoms with Gasteiger partial charge in [0, 0.05) is 55.8 Å². The summed E-state index contributed by atoms with van der Waals surface area (Å²) in [5.41, 5.74) is 4.04. The third kappa shape index (κ3) is 7.15. The van der Waals surface area contributed by atoms with Crippen LogP contribution < -0.4 is 15.0 Å². The van der Waals surface area contributed by atoms with Gasteiger partial charge < -0.3 is 19.9 Å². The molecule has 0 radical (unpaired) electrons. The lowest BCUT2D eigenvalue weighted by Crippen LogP contribution is -2.46. The summed E-state index contributed by atoms with van der Waals surface area (Å²) in [6, 6.07) is 23.3. The molecule has 0 aliphatic carbocycles. The summed E-state index contributed by atoms with van der Waals surface area (Å²) >= 11 is 1.47. The number of halogens is 3. The molecule has 3 aromatic carbocycles. The number of rotatable bonds is 8. The number of hydrogen-bond donors (Lipinski definition) is 1. The van der Waals surface area contributed by atoms with Crippen LogP contribution in [-0.4, -0.2) is 48.3 Å². The van der Waals surface area contributed by atoms with E-state index in [1.165, 1.54) is 23.5 Å². The third-order valence-corrected chi connectivity index (χ3v) is 7.22. The maximum atomic E-state index is 12.9. The van der Waals surface area contributed by atoms with E-state index >= 15 is 0 Å². The SMILES string of the molecule is O=C(c1ccc(CN(Cc2cccc(OC(F)(F)F)c2)c2nc(-c3ccccc3)cs2)cc1)N1CCNCC1. The zero-order valence-corrected chi connectivity index (χ0v) is 21.8. The molecule has 1 saturated heterocycles. The van der Waals surface area contributed by atoms with Crippen molar-refractivity contribution < 1.29 is 22.7 Å². The van der Waals surface area contributed by atoms with Gasteiger partial charge >= 0.3 is 6.36 Å². The third-order valence-electron chi connectivity index (χ3n) is 6.32. The minimum Gasteiger partial charge on any atom is -0.406 e. The molecule has 39 heavy (non-hydrogen) atoms. The summed E-state index contributed by atoms with van der Waals surface area (Å²) in [6.45, 7) is 3.70. The van der Waals surface area contributed by atoms with Crippen LogP contribution in [0.4, 0.5) is 18.3 Å². The summed E-state index contributed by atoms with van der Waals surface area (Å²) in [6.07, 6.45) is -4.76. The van der Waals surface area contributed by atoms with E-state index in [1.54, 1.807) is 12.1 Å². The number of ether oxygens (including phenoxy) is 1. The molecule has 0 bridgehead atoms. The molecule has 1 aliphatic rings. The van der Waals surface area contributed by atoms with Gasteiger partial charge in [-0.1, -0.05) is 54.6 Å². The molecule has 6 nitrogen and oxygen atoms in total. The van der Waals surface area contributed by atoms with Crippen LogP contribution >= 0.6 is 11.3 Å². The predicted molar refractivity (Wildman–Crippen MR) is 146 cm³/mol. The van der Waals surface area contributed by atoms with Gasteiger partial charge in [0.15, 0.2) is 5.13 Å². The van der Waals surface area contributed by atoms with Gasteiger partial charge in [-0.3, -0.25) is 4.79 Å². The average Bonchev–Trinajstić information content (AvgIpc) is 3.44. The first kappa shape index (κ1) is 26.7. The number of nitrogens with zero attached hydrogens (tertiary/aromatic N) is 3. The first-order valence-electron chi connectivity index (χ1n) is 12.5. The Labute approximate surface area is 228 Å². The van der Waals surface area contributed by atoms with E-state index in [0.717, 1.165) is 35.0 Å². The van der Waals surface area contributed by atoms with Crippen molar-refractivity contribution in [1.29, 1.82) is 0 Å². The fraction of sp³-hybridized carbons (Fsp3) is 0.241. The van der Waals surface area contributed by atoms with Crippen molar-refractivity contribution in [2.45, 2.75) is 19.5 Å². The number of thiazole rings is 1. The van der Waals surface area contributed by atoms with Gasteiger partial charge in [-0.15, -0.1) is 24.5 Å². The summed E-state index contributed by atoms with van der Waals surface area (Å²) in [4.78, 5) is 21.5. The lowest BCUT2D eigenvalue weighted by Gasteiger charge is -2.27. The van der Waals surface area contributed by atoms with E-state index in [-0.39, 0.29) is 11.7 Å². The number of carbonyl (C=O) groups excluding carboxylic acids is 1. The van der Waals surface area contributed by atoms with Crippen LogP contribution in [0.15, 0.2) is 84.2 Å². The maximum absolute atomic E-state index is 12.9. The number of alkyl halides is 3. The molecule has 0 spiro atoms. The van der Waals surface area contributed by atoms with Gasteiger partial charge in [0.05, 0.1) is 5.69 Å². The Bertz CT molecular complexity index is 1390. The molecule has 1 fully saturated rings. The average molecular weight is 553 g/mol. The molecule has 1 N–H and O–H groups in total. The van der Waals surface area contributed by atoms with E-state index in [9.17, 15) is 18.0 Å².